The van der Waals surface area contributed by atoms with E-state index in [0.717, 1.165) is 19.3 Å². The SMILES string of the molecule is Cc1ccc(C)n1[C@H]1CC[C@@](C(=O)O)(C(C)C)C1. The fourth-order valence-electron chi connectivity index (χ4n) is 3.49. The molecule has 100 valence electrons. The highest BCUT2D eigenvalue weighted by atomic mass is 16.4. The average molecular weight is 249 g/mol. The number of aromatic nitrogens is 1. The van der Waals surface area contributed by atoms with Gasteiger partial charge in [-0.1, -0.05) is 13.8 Å². The van der Waals surface area contributed by atoms with Crippen LogP contribution in [0.3, 0.4) is 0 Å². The molecule has 1 N–H and O–H groups in total. The molecule has 1 aromatic rings. The molecular weight excluding hydrogens is 226 g/mol. The standard InChI is InChI=1S/C15H23NO2/c1-10(2)15(14(17)18)8-7-13(9-15)16-11(3)5-6-12(16)4/h5-6,10,13H,7-9H2,1-4H3,(H,17,18)/t13-,15-/m0/s1. The van der Waals surface area contributed by atoms with Crippen LogP contribution in [0.15, 0.2) is 12.1 Å². The normalized spacial score (nSPS) is 27.9. The number of rotatable bonds is 3. The Kier molecular flexibility index (Phi) is 3.26. The highest BCUT2D eigenvalue weighted by molar-refractivity contribution is 5.75. The third-order valence-electron chi connectivity index (χ3n) is 4.75. The van der Waals surface area contributed by atoms with Crippen molar-refractivity contribution < 1.29 is 9.90 Å². The van der Waals surface area contributed by atoms with Crippen molar-refractivity contribution in [2.24, 2.45) is 11.3 Å². The quantitative estimate of drug-likeness (QED) is 0.890. The molecule has 3 nitrogen and oxygen atoms in total. The van der Waals surface area contributed by atoms with E-state index in [0.29, 0.717) is 6.04 Å². The van der Waals surface area contributed by atoms with Gasteiger partial charge in [0.05, 0.1) is 5.41 Å². The van der Waals surface area contributed by atoms with Gasteiger partial charge in [-0.05, 0) is 51.2 Å². The molecule has 0 unspecified atom stereocenters. The van der Waals surface area contributed by atoms with Crippen LogP contribution in [0.1, 0.15) is 50.5 Å². The van der Waals surface area contributed by atoms with Crippen molar-refractivity contribution in [3.63, 3.8) is 0 Å². The van der Waals surface area contributed by atoms with Crippen LogP contribution < -0.4 is 0 Å². The van der Waals surface area contributed by atoms with Gasteiger partial charge < -0.3 is 9.67 Å². The summed E-state index contributed by atoms with van der Waals surface area (Å²) in [7, 11) is 0. The number of aliphatic carboxylic acids is 1. The molecule has 0 aromatic carbocycles. The van der Waals surface area contributed by atoms with Gasteiger partial charge in [0.1, 0.15) is 0 Å². The Morgan fingerprint density at radius 2 is 1.94 bits per heavy atom. The van der Waals surface area contributed by atoms with E-state index in [-0.39, 0.29) is 5.92 Å². The van der Waals surface area contributed by atoms with Gasteiger partial charge in [-0.25, -0.2) is 0 Å². The van der Waals surface area contributed by atoms with Crippen molar-refractivity contribution in [2.45, 2.75) is 53.0 Å². The number of carbonyl (C=O) groups is 1. The van der Waals surface area contributed by atoms with E-state index in [9.17, 15) is 9.90 Å². The maximum Gasteiger partial charge on any atom is 0.309 e. The Morgan fingerprint density at radius 1 is 1.39 bits per heavy atom. The van der Waals surface area contributed by atoms with Crippen LogP contribution in [-0.2, 0) is 4.79 Å². The first-order valence-corrected chi connectivity index (χ1v) is 6.76. The molecule has 0 aliphatic heterocycles. The summed E-state index contributed by atoms with van der Waals surface area (Å²) in [5.41, 5.74) is 1.94. The van der Waals surface area contributed by atoms with Gasteiger partial charge in [0.25, 0.3) is 0 Å². The third-order valence-corrected chi connectivity index (χ3v) is 4.75. The number of nitrogens with zero attached hydrogens (tertiary/aromatic N) is 1. The Bertz CT molecular complexity index is 442. The molecule has 1 heterocycles. The second-order valence-electron chi connectivity index (χ2n) is 6.00. The van der Waals surface area contributed by atoms with E-state index in [2.05, 4.69) is 30.5 Å². The van der Waals surface area contributed by atoms with E-state index in [1.54, 1.807) is 0 Å². The summed E-state index contributed by atoms with van der Waals surface area (Å²) in [5.74, 6) is -0.432. The van der Waals surface area contributed by atoms with Crippen LogP contribution >= 0.6 is 0 Å². The van der Waals surface area contributed by atoms with E-state index >= 15 is 0 Å². The highest BCUT2D eigenvalue weighted by Gasteiger charge is 2.48. The van der Waals surface area contributed by atoms with E-state index < -0.39 is 11.4 Å². The highest BCUT2D eigenvalue weighted by Crippen LogP contribution is 2.49. The molecule has 18 heavy (non-hydrogen) atoms. The summed E-state index contributed by atoms with van der Waals surface area (Å²) in [5, 5.41) is 9.58. The summed E-state index contributed by atoms with van der Waals surface area (Å²) in [4.78, 5) is 11.6. The van der Waals surface area contributed by atoms with Crippen LogP contribution in [0.5, 0.6) is 0 Å². The number of hydrogen-bond acceptors (Lipinski definition) is 1. The van der Waals surface area contributed by atoms with Crippen molar-refractivity contribution in [1.29, 1.82) is 0 Å². The van der Waals surface area contributed by atoms with E-state index in [1.807, 2.05) is 13.8 Å². The minimum Gasteiger partial charge on any atom is -0.481 e. The van der Waals surface area contributed by atoms with Crippen LogP contribution in [0.25, 0.3) is 0 Å². The molecule has 0 spiro atoms. The van der Waals surface area contributed by atoms with Crippen LogP contribution in [0.2, 0.25) is 0 Å². The number of aryl methyl sites for hydroxylation is 2. The Morgan fingerprint density at radius 3 is 2.33 bits per heavy atom. The molecule has 0 saturated heterocycles. The molecule has 1 saturated carbocycles. The zero-order valence-electron chi connectivity index (χ0n) is 11.7. The molecule has 0 amide bonds. The largest absolute Gasteiger partial charge is 0.481 e. The lowest BCUT2D eigenvalue weighted by Crippen LogP contribution is -2.34. The minimum atomic E-state index is -0.623. The summed E-state index contributed by atoms with van der Waals surface area (Å²) >= 11 is 0. The lowest BCUT2D eigenvalue weighted by molar-refractivity contribution is -0.151. The maximum absolute atomic E-state index is 11.6. The molecular formula is C15H23NO2. The summed E-state index contributed by atoms with van der Waals surface area (Å²) in [6, 6.07) is 4.58. The molecule has 0 bridgehead atoms. The lowest BCUT2D eigenvalue weighted by atomic mass is 9.75. The van der Waals surface area contributed by atoms with Gasteiger partial charge in [0.15, 0.2) is 0 Å². The van der Waals surface area contributed by atoms with Crippen molar-refractivity contribution >= 4 is 5.97 Å². The summed E-state index contributed by atoms with van der Waals surface area (Å²) in [6.07, 6.45) is 2.53. The maximum atomic E-state index is 11.6. The number of carboxylic acid groups (broad SMARTS) is 1. The van der Waals surface area contributed by atoms with E-state index in [4.69, 9.17) is 0 Å². The first-order valence-electron chi connectivity index (χ1n) is 6.76. The van der Waals surface area contributed by atoms with Crippen LogP contribution in [-0.4, -0.2) is 15.6 Å². The molecule has 2 rings (SSSR count). The molecule has 1 aliphatic rings. The van der Waals surface area contributed by atoms with Gasteiger partial charge in [0.2, 0.25) is 0 Å². The molecule has 0 radical (unpaired) electrons. The van der Waals surface area contributed by atoms with Crippen LogP contribution in [0.4, 0.5) is 0 Å². The molecule has 1 aromatic heterocycles. The zero-order chi connectivity index (χ0) is 13.5. The van der Waals surface area contributed by atoms with Crippen LogP contribution in [0, 0.1) is 25.2 Å². The van der Waals surface area contributed by atoms with Gasteiger partial charge >= 0.3 is 5.97 Å². The number of hydrogen-bond donors (Lipinski definition) is 1. The second kappa shape index (κ2) is 4.45. The third kappa shape index (κ3) is 1.86. The fourth-order valence-corrected chi connectivity index (χ4v) is 3.49. The Balaban J connectivity index is 2.30. The predicted octanol–water partition coefficient (Wildman–Crippen LogP) is 3.56. The zero-order valence-corrected chi connectivity index (χ0v) is 11.7. The molecule has 1 aliphatic carbocycles. The number of carboxylic acids is 1. The van der Waals surface area contributed by atoms with Gasteiger partial charge in [-0.2, -0.15) is 0 Å². The molecule has 3 heteroatoms. The monoisotopic (exact) mass is 249 g/mol. The minimum absolute atomic E-state index is 0.191. The average Bonchev–Trinajstić information content (AvgIpc) is 2.84. The smallest absolute Gasteiger partial charge is 0.309 e. The molecule has 2 atom stereocenters. The first kappa shape index (κ1) is 13.2. The van der Waals surface area contributed by atoms with E-state index in [1.165, 1.54) is 11.4 Å². The topological polar surface area (TPSA) is 42.2 Å². The van der Waals surface area contributed by atoms with Crippen molar-refractivity contribution in [3.8, 4) is 0 Å². The summed E-state index contributed by atoms with van der Waals surface area (Å²) < 4.78 is 2.31. The van der Waals surface area contributed by atoms with Crippen molar-refractivity contribution in [3.05, 3.63) is 23.5 Å². The van der Waals surface area contributed by atoms with Gasteiger partial charge in [0, 0.05) is 17.4 Å². The second-order valence-corrected chi connectivity index (χ2v) is 6.00. The molecule has 1 fully saturated rings. The van der Waals surface area contributed by atoms with Crippen molar-refractivity contribution in [2.75, 3.05) is 0 Å². The lowest BCUT2D eigenvalue weighted by Gasteiger charge is -2.29. The van der Waals surface area contributed by atoms with Crippen molar-refractivity contribution in [1.82, 2.24) is 4.57 Å². The van der Waals surface area contributed by atoms with Gasteiger partial charge in [-0.15, -0.1) is 0 Å². The Labute approximate surface area is 109 Å². The summed E-state index contributed by atoms with van der Waals surface area (Å²) in [6.45, 7) is 8.27. The fraction of sp³-hybridized carbons (Fsp3) is 0.667. The Hall–Kier alpha value is -1.25. The predicted molar refractivity (Wildman–Crippen MR) is 71.7 cm³/mol. The van der Waals surface area contributed by atoms with Gasteiger partial charge in [-0.3, -0.25) is 4.79 Å². The first-order chi connectivity index (χ1) is 8.38.